The maximum absolute atomic E-state index is 11.4. The minimum atomic E-state index is -0.581. The predicted octanol–water partition coefficient (Wildman–Crippen LogP) is 0.327. The molecule has 0 saturated carbocycles. The average Bonchev–Trinajstić information content (AvgIpc) is 2.44. The summed E-state index contributed by atoms with van der Waals surface area (Å²) < 4.78 is 15.9. The van der Waals surface area contributed by atoms with Crippen LogP contribution in [0.2, 0.25) is 0 Å². The second-order valence-electron chi connectivity index (χ2n) is 4.70. The molecule has 1 aliphatic rings. The van der Waals surface area contributed by atoms with Gasteiger partial charge in [-0.25, -0.2) is 9.78 Å². The molecule has 20 heavy (non-hydrogen) atoms. The molecule has 7 nitrogen and oxygen atoms in total. The zero-order valence-electron chi connectivity index (χ0n) is 11.9. The third-order valence-corrected chi connectivity index (χ3v) is 2.84. The third kappa shape index (κ3) is 3.88. The molecule has 1 aliphatic heterocycles. The molecule has 2 unspecified atom stereocenters. The Hall–Kier alpha value is -1.73. The smallest absolute Gasteiger partial charge is 0.376 e. The number of carbonyl (C=O) groups is 1. The number of carbonyl (C=O) groups excluding carboxylic acids is 1. The van der Waals surface area contributed by atoms with Gasteiger partial charge < -0.3 is 19.5 Å². The minimum Gasteiger partial charge on any atom is -0.475 e. The maximum Gasteiger partial charge on any atom is 0.376 e. The Kier molecular flexibility index (Phi) is 4.86. The molecule has 1 fully saturated rings. The summed E-state index contributed by atoms with van der Waals surface area (Å²) in [6.07, 6.45) is 0.130. The average molecular weight is 281 g/mol. The monoisotopic (exact) mass is 281 g/mol. The standard InChI is InChI=1S/C13H19N3O4/c1-8-4-11(16-12(15-8)13(17)18-3)19-7-10-6-14-5-9(2)20-10/h4,9-10,14H,5-7H2,1-3H3. The largest absolute Gasteiger partial charge is 0.475 e. The normalized spacial score (nSPS) is 22.4. The number of ether oxygens (including phenoxy) is 3. The quantitative estimate of drug-likeness (QED) is 0.796. The highest BCUT2D eigenvalue weighted by molar-refractivity contribution is 5.85. The van der Waals surface area contributed by atoms with E-state index in [1.165, 1.54) is 7.11 Å². The Morgan fingerprint density at radius 3 is 3.00 bits per heavy atom. The summed E-state index contributed by atoms with van der Waals surface area (Å²) in [5, 5.41) is 3.26. The van der Waals surface area contributed by atoms with Crippen LogP contribution >= 0.6 is 0 Å². The molecular formula is C13H19N3O4. The van der Waals surface area contributed by atoms with E-state index in [1.54, 1.807) is 13.0 Å². The number of methoxy groups -OCH3 is 1. The molecule has 1 aromatic heterocycles. The number of nitrogens with zero attached hydrogens (tertiary/aromatic N) is 2. The molecule has 0 aromatic carbocycles. The number of hydrogen-bond acceptors (Lipinski definition) is 7. The van der Waals surface area contributed by atoms with Crippen molar-refractivity contribution in [2.24, 2.45) is 0 Å². The summed E-state index contributed by atoms with van der Waals surface area (Å²) in [4.78, 5) is 19.5. The predicted molar refractivity (Wildman–Crippen MR) is 70.8 cm³/mol. The molecule has 1 aromatic rings. The fraction of sp³-hybridized carbons (Fsp3) is 0.615. The van der Waals surface area contributed by atoms with Gasteiger partial charge in [0.15, 0.2) is 0 Å². The first kappa shape index (κ1) is 14.7. The number of rotatable bonds is 4. The van der Waals surface area contributed by atoms with E-state index in [4.69, 9.17) is 9.47 Å². The number of esters is 1. The van der Waals surface area contributed by atoms with Crippen LogP contribution in [-0.2, 0) is 9.47 Å². The van der Waals surface area contributed by atoms with Gasteiger partial charge in [0.05, 0.1) is 13.2 Å². The molecule has 7 heteroatoms. The van der Waals surface area contributed by atoms with Crippen LogP contribution in [0.5, 0.6) is 5.88 Å². The summed E-state index contributed by atoms with van der Waals surface area (Å²) in [6, 6.07) is 1.67. The van der Waals surface area contributed by atoms with Crippen LogP contribution in [0.1, 0.15) is 23.2 Å². The molecule has 0 aliphatic carbocycles. The molecule has 2 rings (SSSR count). The van der Waals surface area contributed by atoms with Crippen molar-refractivity contribution < 1.29 is 19.0 Å². The molecular weight excluding hydrogens is 262 g/mol. The molecule has 1 N–H and O–H groups in total. The fourth-order valence-electron chi connectivity index (χ4n) is 1.95. The summed E-state index contributed by atoms with van der Waals surface area (Å²) in [7, 11) is 1.29. The SMILES string of the molecule is COC(=O)c1nc(C)cc(OCC2CNCC(C)O2)n1. The highest BCUT2D eigenvalue weighted by Gasteiger charge is 2.20. The van der Waals surface area contributed by atoms with Gasteiger partial charge in [0.25, 0.3) is 0 Å². The molecule has 2 atom stereocenters. The second-order valence-corrected chi connectivity index (χ2v) is 4.70. The van der Waals surface area contributed by atoms with Gasteiger partial charge in [0.1, 0.15) is 12.7 Å². The van der Waals surface area contributed by atoms with E-state index in [9.17, 15) is 4.79 Å². The molecule has 110 valence electrons. The summed E-state index contributed by atoms with van der Waals surface area (Å²) in [6.45, 7) is 5.72. The third-order valence-electron chi connectivity index (χ3n) is 2.84. The Balaban J connectivity index is 1.98. The van der Waals surface area contributed by atoms with E-state index in [1.807, 2.05) is 6.92 Å². The zero-order chi connectivity index (χ0) is 14.5. The van der Waals surface area contributed by atoms with Crippen molar-refractivity contribution in [3.8, 4) is 5.88 Å². The lowest BCUT2D eigenvalue weighted by Crippen LogP contribution is -2.45. The van der Waals surface area contributed by atoms with Crippen molar-refractivity contribution in [3.05, 3.63) is 17.6 Å². The Bertz CT molecular complexity index is 481. The Morgan fingerprint density at radius 1 is 1.50 bits per heavy atom. The van der Waals surface area contributed by atoms with Crippen LogP contribution in [-0.4, -0.2) is 55.0 Å². The van der Waals surface area contributed by atoms with Crippen LogP contribution in [0.25, 0.3) is 0 Å². The van der Waals surface area contributed by atoms with Gasteiger partial charge in [-0.15, -0.1) is 0 Å². The van der Waals surface area contributed by atoms with Crippen molar-refractivity contribution in [1.82, 2.24) is 15.3 Å². The van der Waals surface area contributed by atoms with Gasteiger partial charge in [0, 0.05) is 24.8 Å². The lowest BCUT2D eigenvalue weighted by molar-refractivity contribution is -0.0477. The first-order valence-corrected chi connectivity index (χ1v) is 6.51. The second kappa shape index (κ2) is 6.62. The first-order chi connectivity index (χ1) is 9.58. The van der Waals surface area contributed by atoms with Crippen LogP contribution < -0.4 is 10.1 Å². The van der Waals surface area contributed by atoms with Gasteiger partial charge in [-0.05, 0) is 13.8 Å². The Morgan fingerprint density at radius 2 is 2.30 bits per heavy atom. The topological polar surface area (TPSA) is 82.6 Å². The number of aryl methyl sites for hydroxylation is 1. The number of morpholine rings is 1. The number of aromatic nitrogens is 2. The van der Waals surface area contributed by atoms with Crippen molar-refractivity contribution in [1.29, 1.82) is 0 Å². The van der Waals surface area contributed by atoms with E-state index in [2.05, 4.69) is 20.0 Å². The highest BCUT2D eigenvalue weighted by atomic mass is 16.5. The van der Waals surface area contributed by atoms with Gasteiger partial charge in [-0.3, -0.25) is 0 Å². The number of nitrogens with one attached hydrogen (secondary N) is 1. The first-order valence-electron chi connectivity index (χ1n) is 6.51. The molecule has 0 bridgehead atoms. The van der Waals surface area contributed by atoms with Crippen LogP contribution in [0.15, 0.2) is 6.07 Å². The summed E-state index contributed by atoms with van der Waals surface area (Å²) >= 11 is 0. The molecule has 0 spiro atoms. The molecule has 0 amide bonds. The van der Waals surface area contributed by atoms with E-state index in [0.29, 0.717) is 18.2 Å². The van der Waals surface area contributed by atoms with E-state index in [0.717, 1.165) is 13.1 Å². The zero-order valence-corrected chi connectivity index (χ0v) is 11.9. The summed E-state index contributed by atoms with van der Waals surface area (Å²) in [5.41, 5.74) is 0.645. The van der Waals surface area contributed by atoms with Crippen molar-refractivity contribution in [3.63, 3.8) is 0 Å². The van der Waals surface area contributed by atoms with Gasteiger partial charge in [0.2, 0.25) is 11.7 Å². The van der Waals surface area contributed by atoms with Crippen LogP contribution in [0.4, 0.5) is 0 Å². The molecule has 1 saturated heterocycles. The van der Waals surface area contributed by atoms with Gasteiger partial charge in [-0.2, -0.15) is 4.98 Å². The van der Waals surface area contributed by atoms with Crippen molar-refractivity contribution in [2.45, 2.75) is 26.1 Å². The minimum absolute atomic E-state index is 0.00134. The lowest BCUT2D eigenvalue weighted by atomic mass is 10.2. The van der Waals surface area contributed by atoms with Crippen LogP contribution in [0, 0.1) is 6.92 Å². The molecule has 2 heterocycles. The maximum atomic E-state index is 11.4. The van der Waals surface area contributed by atoms with E-state index >= 15 is 0 Å². The van der Waals surface area contributed by atoms with E-state index in [-0.39, 0.29) is 18.0 Å². The fourth-order valence-corrected chi connectivity index (χ4v) is 1.95. The van der Waals surface area contributed by atoms with Crippen molar-refractivity contribution >= 4 is 5.97 Å². The molecule has 0 radical (unpaired) electrons. The van der Waals surface area contributed by atoms with Crippen molar-refractivity contribution in [2.75, 3.05) is 26.8 Å². The Labute approximate surface area is 117 Å². The van der Waals surface area contributed by atoms with Gasteiger partial charge >= 0.3 is 5.97 Å². The van der Waals surface area contributed by atoms with Crippen LogP contribution in [0.3, 0.4) is 0 Å². The van der Waals surface area contributed by atoms with Gasteiger partial charge in [-0.1, -0.05) is 0 Å². The highest BCUT2D eigenvalue weighted by Crippen LogP contribution is 2.11. The van der Waals surface area contributed by atoms with E-state index < -0.39 is 5.97 Å². The number of hydrogen-bond donors (Lipinski definition) is 1. The lowest BCUT2D eigenvalue weighted by Gasteiger charge is -2.28. The summed E-state index contributed by atoms with van der Waals surface area (Å²) in [5.74, 6) is -0.235.